The molecule has 5 aromatic rings. The minimum atomic E-state index is -0.786. The van der Waals surface area contributed by atoms with Crippen molar-refractivity contribution in [2.24, 2.45) is 0 Å². The Balaban J connectivity index is 0.000000156. The zero-order valence-corrected chi connectivity index (χ0v) is 22.3. The maximum absolute atomic E-state index is 12.0. The van der Waals surface area contributed by atoms with Crippen LogP contribution in [0.15, 0.2) is 67.0 Å². The third-order valence-electron chi connectivity index (χ3n) is 5.43. The number of hydrogen-bond acceptors (Lipinski definition) is 12. The van der Waals surface area contributed by atoms with Crippen molar-refractivity contribution < 1.29 is 24.5 Å². The van der Waals surface area contributed by atoms with Gasteiger partial charge in [0.1, 0.15) is 24.1 Å². The lowest BCUT2D eigenvalue weighted by Gasteiger charge is -2.02. The van der Waals surface area contributed by atoms with Crippen molar-refractivity contribution in [2.75, 3.05) is 16.4 Å². The molecule has 1 aliphatic rings. The Morgan fingerprint density at radius 1 is 1.00 bits per heavy atom. The molecule has 2 aromatic carbocycles. The van der Waals surface area contributed by atoms with Gasteiger partial charge in [0.25, 0.3) is 5.91 Å². The number of carbonyl (C=O) groups is 2. The zero-order chi connectivity index (χ0) is 29.5. The number of amides is 1. The summed E-state index contributed by atoms with van der Waals surface area (Å²) < 4.78 is 0. The van der Waals surface area contributed by atoms with Gasteiger partial charge >= 0.3 is 16.0 Å². The molecule has 6 rings (SSSR count). The first-order chi connectivity index (χ1) is 19.6. The van der Waals surface area contributed by atoms with Crippen LogP contribution in [0.3, 0.4) is 0 Å². The van der Waals surface area contributed by atoms with E-state index >= 15 is 0 Å². The van der Waals surface area contributed by atoms with Gasteiger partial charge in [0.15, 0.2) is 10.3 Å². The van der Waals surface area contributed by atoms with Gasteiger partial charge in [0.05, 0.1) is 9.85 Å². The van der Waals surface area contributed by atoms with Crippen LogP contribution in [0.4, 0.5) is 26.0 Å². The van der Waals surface area contributed by atoms with Crippen molar-refractivity contribution >= 4 is 71.4 Å². The summed E-state index contributed by atoms with van der Waals surface area (Å²) in [6.45, 7) is 0. The number of nitrogen functional groups attached to an aromatic ring is 1. The smallest absolute Gasteiger partial charge is 0.345 e. The van der Waals surface area contributed by atoms with Crippen molar-refractivity contribution in [1.29, 1.82) is 0 Å². The van der Waals surface area contributed by atoms with Crippen LogP contribution in [0.25, 0.3) is 10.9 Å². The van der Waals surface area contributed by atoms with Crippen molar-refractivity contribution in [3.05, 3.63) is 98.5 Å². The van der Waals surface area contributed by atoms with E-state index in [-0.39, 0.29) is 26.2 Å². The number of hydrogen-bond donors (Lipinski definition) is 5. The number of anilines is 3. The molecule has 1 unspecified atom stereocenters. The van der Waals surface area contributed by atoms with E-state index < -0.39 is 21.9 Å². The predicted octanol–water partition coefficient (Wildman–Crippen LogP) is 4.53. The summed E-state index contributed by atoms with van der Waals surface area (Å²) in [6, 6.07) is 16.4. The van der Waals surface area contributed by atoms with E-state index in [0.717, 1.165) is 57.2 Å². The van der Waals surface area contributed by atoms with Crippen molar-refractivity contribution in [1.82, 2.24) is 15.0 Å². The Morgan fingerprint density at radius 3 is 2.24 bits per heavy atom. The Hall–Kier alpha value is -5.42. The number of para-hydroxylation sites is 2. The normalized spacial score (nSPS) is 13.0. The molecular weight excluding hydrogens is 576 g/mol. The second-order valence-electron chi connectivity index (χ2n) is 8.18. The van der Waals surface area contributed by atoms with E-state index in [0.29, 0.717) is 12.1 Å². The number of aromatic nitrogens is 3. The molecule has 1 atom stereocenters. The average Bonchev–Trinajstić information content (AvgIpc) is 3.74. The van der Waals surface area contributed by atoms with Gasteiger partial charge in [-0.15, -0.1) is 0 Å². The van der Waals surface area contributed by atoms with Crippen LogP contribution < -0.4 is 16.4 Å². The van der Waals surface area contributed by atoms with Crippen LogP contribution in [0.2, 0.25) is 0 Å². The highest BCUT2D eigenvalue weighted by molar-refractivity contribution is 7.19. The average molecular weight is 597 g/mol. The molecule has 6 N–H and O–H groups in total. The molecular formula is C24H20N8O7S2. The highest BCUT2D eigenvalue weighted by Gasteiger charge is 2.25. The van der Waals surface area contributed by atoms with Crippen LogP contribution in [-0.2, 0) is 11.2 Å². The van der Waals surface area contributed by atoms with Gasteiger partial charge in [0, 0.05) is 23.0 Å². The molecule has 41 heavy (non-hydrogen) atoms. The summed E-state index contributed by atoms with van der Waals surface area (Å²) in [5.41, 5.74) is 8.38. The summed E-state index contributed by atoms with van der Waals surface area (Å²) in [4.78, 5) is 52.3. The third kappa shape index (κ3) is 7.37. The van der Waals surface area contributed by atoms with E-state index in [1.165, 1.54) is 0 Å². The molecule has 17 heteroatoms. The molecule has 0 bridgehead atoms. The molecule has 1 amide bonds. The minimum absolute atomic E-state index is 0.0208. The molecule has 0 saturated heterocycles. The van der Waals surface area contributed by atoms with Gasteiger partial charge in [-0.3, -0.25) is 30.3 Å². The van der Waals surface area contributed by atoms with Gasteiger partial charge < -0.3 is 21.1 Å². The Morgan fingerprint density at radius 2 is 1.66 bits per heavy atom. The highest BCUT2D eigenvalue weighted by Crippen LogP contribution is 2.26. The number of carboxylic acids is 1. The molecule has 4 heterocycles. The number of nitrogens with two attached hydrogens (primary N) is 1. The van der Waals surface area contributed by atoms with Gasteiger partial charge in [-0.05, 0) is 46.4 Å². The number of nitro groups is 2. The summed E-state index contributed by atoms with van der Waals surface area (Å²) in [7, 11) is 0. The predicted molar refractivity (Wildman–Crippen MR) is 153 cm³/mol. The highest BCUT2D eigenvalue weighted by atomic mass is 32.1. The topological polar surface area (TPSA) is 232 Å². The molecule has 0 aliphatic carbocycles. The van der Waals surface area contributed by atoms with Crippen molar-refractivity contribution in [3.8, 4) is 0 Å². The fourth-order valence-electron chi connectivity index (χ4n) is 3.58. The van der Waals surface area contributed by atoms with Crippen LogP contribution in [-0.4, -0.2) is 47.8 Å². The number of carboxylic acid groups (broad SMARTS) is 1. The van der Waals surface area contributed by atoms with Crippen LogP contribution >= 0.6 is 22.7 Å². The molecule has 0 radical (unpaired) electrons. The molecule has 0 fully saturated rings. The minimum Gasteiger partial charge on any atom is -0.480 e. The van der Waals surface area contributed by atoms with Gasteiger partial charge in [-0.25, -0.2) is 14.8 Å². The van der Waals surface area contributed by atoms with Gasteiger partial charge in [-0.2, -0.15) is 0 Å². The number of H-pyrrole nitrogens is 1. The molecule has 3 aromatic heterocycles. The number of aromatic amines is 1. The summed E-state index contributed by atoms with van der Waals surface area (Å²) in [5.74, 6) is -1.17. The number of benzene rings is 2. The molecule has 1 aliphatic heterocycles. The monoisotopic (exact) mass is 596 g/mol. The summed E-state index contributed by atoms with van der Waals surface area (Å²) in [5, 5.41) is 35.9. The molecule has 0 spiro atoms. The van der Waals surface area contributed by atoms with E-state index in [4.69, 9.17) is 10.8 Å². The first-order valence-electron chi connectivity index (χ1n) is 11.5. The van der Waals surface area contributed by atoms with E-state index in [1.807, 2.05) is 48.5 Å². The van der Waals surface area contributed by atoms with Crippen molar-refractivity contribution in [3.63, 3.8) is 0 Å². The summed E-state index contributed by atoms with van der Waals surface area (Å²) in [6.07, 6.45) is 2.84. The quantitative estimate of drug-likeness (QED) is 0.140. The number of thiazole rings is 2. The fraction of sp³-hybridized carbons (Fsp3) is 0.0833. The first kappa shape index (κ1) is 28.6. The molecule has 15 nitrogen and oxygen atoms in total. The lowest BCUT2D eigenvalue weighted by atomic mass is 10.1. The SMILES string of the molecule is Nc1ncc([N+](=O)[O-])s1.O=C(Nc1ncc([N+](=O)[O-])s1)c1cc2ccccc2[nH]1.O=C(O)C1Cc2ccccc2N1. The fourth-order valence-corrected chi connectivity index (χ4v) is 4.70. The molecule has 210 valence electrons. The van der Waals surface area contributed by atoms with E-state index in [1.54, 1.807) is 6.07 Å². The van der Waals surface area contributed by atoms with Crippen LogP contribution in [0.1, 0.15) is 16.1 Å². The number of aliphatic carboxylic acids is 1. The van der Waals surface area contributed by atoms with E-state index in [9.17, 15) is 29.8 Å². The second kappa shape index (κ2) is 12.6. The third-order valence-corrected chi connectivity index (χ3v) is 7.07. The maximum atomic E-state index is 12.0. The summed E-state index contributed by atoms with van der Waals surface area (Å²) >= 11 is 1.68. The zero-order valence-electron chi connectivity index (χ0n) is 20.7. The number of carbonyl (C=O) groups excluding carboxylic acids is 1. The largest absolute Gasteiger partial charge is 0.480 e. The van der Waals surface area contributed by atoms with E-state index in [2.05, 4.69) is 25.6 Å². The first-order valence-corrected chi connectivity index (χ1v) is 13.2. The second-order valence-corrected chi connectivity index (χ2v) is 10.2. The van der Waals surface area contributed by atoms with Gasteiger partial charge in [0.2, 0.25) is 0 Å². The lowest BCUT2D eigenvalue weighted by molar-refractivity contribution is -0.380. The number of nitrogens with zero attached hydrogens (tertiary/aromatic N) is 4. The number of nitrogens with one attached hydrogen (secondary N) is 3. The molecule has 0 saturated carbocycles. The van der Waals surface area contributed by atoms with Gasteiger partial charge in [-0.1, -0.05) is 36.4 Å². The maximum Gasteiger partial charge on any atom is 0.345 e. The van der Waals surface area contributed by atoms with Crippen molar-refractivity contribution in [2.45, 2.75) is 12.5 Å². The van der Waals surface area contributed by atoms with Crippen LogP contribution in [0, 0.1) is 20.2 Å². The standard InChI is InChI=1S/C12H8N4O3S.C9H9NO2.C3H3N3O2S/c17-11(15-12-13-6-10(20-12)16(18)19)9-5-7-3-1-2-4-8(7)14-9;11-9(12)8-5-6-3-1-2-4-7(6)10-8;4-3-5-1-2(9-3)6(7)8/h1-6,14H,(H,13,15,17);1-4,8,10H,5H2,(H,11,12);1H,(H2,4,5). The lowest BCUT2D eigenvalue weighted by Crippen LogP contribution is -2.26. The van der Waals surface area contributed by atoms with Crippen LogP contribution in [0.5, 0.6) is 0 Å². The Kier molecular flexibility index (Phi) is 8.80. The Labute approximate surface area is 238 Å². The number of fused-ring (bicyclic) bond motifs is 2. The number of rotatable bonds is 5. The Bertz CT molecular complexity index is 1670.